The van der Waals surface area contributed by atoms with Crippen LogP contribution < -0.4 is 0 Å². The van der Waals surface area contributed by atoms with Gasteiger partial charge in [-0.2, -0.15) is 0 Å². The summed E-state index contributed by atoms with van der Waals surface area (Å²) < 4.78 is 32.3. The number of fused-ring (bicyclic) bond motifs is 1. The summed E-state index contributed by atoms with van der Waals surface area (Å²) >= 11 is 0. The van der Waals surface area contributed by atoms with Gasteiger partial charge in [-0.05, 0) is 24.3 Å². The fourth-order valence-electron chi connectivity index (χ4n) is 1.83. The molecular weight excluding hydrogens is 224 g/mol. The smallest absolute Gasteiger partial charge is 0.149 e. The molecule has 0 saturated carbocycles. The van der Waals surface area contributed by atoms with Crippen LogP contribution in [0, 0.1) is 11.6 Å². The van der Waals surface area contributed by atoms with Crippen molar-refractivity contribution in [3.8, 4) is 11.1 Å². The zero-order valence-electron chi connectivity index (χ0n) is 8.65. The first-order valence-electron chi connectivity index (χ1n) is 5.03. The minimum atomic E-state index is -0.461. The summed E-state index contributed by atoms with van der Waals surface area (Å²) in [5, 5.41) is 0.346. The topological polar surface area (TPSA) is 26.0 Å². The van der Waals surface area contributed by atoms with Crippen molar-refractivity contribution in [2.24, 2.45) is 0 Å². The molecular formula is C13H7F2NO. The Balaban J connectivity index is 2.35. The van der Waals surface area contributed by atoms with Gasteiger partial charge in [-0.3, -0.25) is 4.98 Å². The van der Waals surface area contributed by atoms with E-state index in [1.54, 1.807) is 0 Å². The number of benzene rings is 1. The van der Waals surface area contributed by atoms with Gasteiger partial charge in [0.1, 0.15) is 17.2 Å². The van der Waals surface area contributed by atoms with Crippen LogP contribution in [0.2, 0.25) is 0 Å². The second-order valence-corrected chi connectivity index (χ2v) is 3.61. The van der Waals surface area contributed by atoms with Gasteiger partial charge in [0.25, 0.3) is 0 Å². The van der Waals surface area contributed by atoms with Gasteiger partial charge in [-0.15, -0.1) is 0 Å². The molecule has 0 unspecified atom stereocenters. The summed E-state index contributed by atoms with van der Waals surface area (Å²) in [6.07, 6.45) is 3.99. The van der Waals surface area contributed by atoms with Crippen LogP contribution in [0.3, 0.4) is 0 Å². The maximum Gasteiger partial charge on any atom is 0.149 e. The first-order valence-corrected chi connectivity index (χ1v) is 5.03. The van der Waals surface area contributed by atoms with Gasteiger partial charge in [-0.1, -0.05) is 0 Å². The molecule has 3 rings (SSSR count). The summed E-state index contributed by atoms with van der Waals surface area (Å²) in [5.74, 6) is -0.844. The molecule has 0 spiro atoms. The third kappa shape index (κ3) is 1.49. The molecule has 0 atom stereocenters. The number of hydrogen-bond donors (Lipinski definition) is 0. The highest BCUT2D eigenvalue weighted by Crippen LogP contribution is 2.31. The molecule has 2 aromatic heterocycles. The molecule has 2 heterocycles. The lowest BCUT2D eigenvalue weighted by molar-refractivity contribution is 0.607. The number of furan rings is 1. The molecule has 0 radical (unpaired) electrons. The quantitative estimate of drug-likeness (QED) is 0.637. The molecule has 0 aliphatic heterocycles. The summed E-state index contributed by atoms with van der Waals surface area (Å²) in [7, 11) is 0. The van der Waals surface area contributed by atoms with E-state index in [-0.39, 0.29) is 5.82 Å². The van der Waals surface area contributed by atoms with Crippen molar-refractivity contribution in [2.45, 2.75) is 0 Å². The molecule has 17 heavy (non-hydrogen) atoms. The van der Waals surface area contributed by atoms with Gasteiger partial charge >= 0.3 is 0 Å². The predicted octanol–water partition coefficient (Wildman–Crippen LogP) is 3.77. The normalized spacial score (nSPS) is 10.9. The summed E-state index contributed by atoms with van der Waals surface area (Å²) in [5.41, 5.74) is 1.21. The van der Waals surface area contributed by atoms with E-state index in [0.29, 0.717) is 22.1 Å². The molecule has 2 nitrogen and oxygen atoms in total. The SMILES string of the molecule is Fc1cnccc1-c1ccc(F)c2ccoc12. The lowest BCUT2D eigenvalue weighted by atomic mass is 10.0. The van der Waals surface area contributed by atoms with Gasteiger partial charge in [0.05, 0.1) is 17.8 Å². The summed E-state index contributed by atoms with van der Waals surface area (Å²) in [6.45, 7) is 0. The largest absolute Gasteiger partial charge is 0.464 e. The first kappa shape index (κ1) is 9.96. The Bertz CT molecular complexity index is 691. The molecule has 0 aliphatic rings. The maximum atomic E-state index is 13.6. The van der Waals surface area contributed by atoms with Crippen molar-refractivity contribution in [2.75, 3.05) is 0 Å². The predicted molar refractivity (Wildman–Crippen MR) is 59.4 cm³/mol. The lowest BCUT2D eigenvalue weighted by Gasteiger charge is -2.04. The average Bonchev–Trinajstić information content (AvgIpc) is 2.81. The lowest BCUT2D eigenvalue weighted by Crippen LogP contribution is -1.87. The van der Waals surface area contributed by atoms with Gasteiger partial charge < -0.3 is 4.42 Å². The van der Waals surface area contributed by atoms with Crippen LogP contribution >= 0.6 is 0 Å². The summed E-state index contributed by atoms with van der Waals surface area (Å²) in [6, 6.07) is 5.85. The second-order valence-electron chi connectivity index (χ2n) is 3.61. The van der Waals surface area contributed by atoms with E-state index in [4.69, 9.17) is 4.42 Å². The monoisotopic (exact) mass is 231 g/mol. The fraction of sp³-hybridized carbons (Fsp3) is 0. The van der Waals surface area contributed by atoms with Crippen molar-refractivity contribution < 1.29 is 13.2 Å². The Morgan fingerprint density at radius 2 is 1.82 bits per heavy atom. The Kier molecular flexibility index (Phi) is 2.14. The van der Waals surface area contributed by atoms with E-state index in [2.05, 4.69) is 4.98 Å². The minimum absolute atomic E-state index is 0.343. The van der Waals surface area contributed by atoms with Crippen molar-refractivity contribution in [3.05, 3.63) is 54.6 Å². The summed E-state index contributed by atoms with van der Waals surface area (Å²) in [4.78, 5) is 3.68. The van der Waals surface area contributed by atoms with E-state index < -0.39 is 5.82 Å². The average molecular weight is 231 g/mol. The van der Waals surface area contributed by atoms with Crippen molar-refractivity contribution in [1.29, 1.82) is 0 Å². The molecule has 3 aromatic rings. The molecule has 0 aliphatic carbocycles. The second kappa shape index (κ2) is 3.66. The molecule has 4 heteroatoms. The number of pyridine rings is 1. The van der Waals surface area contributed by atoms with Crippen LogP contribution in [0.25, 0.3) is 22.1 Å². The number of hydrogen-bond acceptors (Lipinski definition) is 2. The number of nitrogens with zero attached hydrogens (tertiary/aromatic N) is 1. The molecule has 84 valence electrons. The molecule has 1 aromatic carbocycles. The van der Waals surface area contributed by atoms with E-state index in [1.807, 2.05) is 0 Å². The number of rotatable bonds is 1. The van der Waals surface area contributed by atoms with Crippen LogP contribution in [-0.2, 0) is 0 Å². The third-order valence-corrected chi connectivity index (χ3v) is 2.63. The van der Waals surface area contributed by atoms with Gasteiger partial charge in [0.2, 0.25) is 0 Å². The molecule has 0 N–H and O–H groups in total. The highest BCUT2D eigenvalue weighted by molar-refractivity contribution is 5.92. The van der Waals surface area contributed by atoms with Gasteiger partial charge in [-0.25, -0.2) is 8.78 Å². The van der Waals surface area contributed by atoms with Crippen molar-refractivity contribution in [3.63, 3.8) is 0 Å². The van der Waals surface area contributed by atoms with Crippen LogP contribution in [0.4, 0.5) is 8.78 Å². The van der Waals surface area contributed by atoms with Crippen molar-refractivity contribution >= 4 is 11.0 Å². The Labute approximate surface area is 95.5 Å². The van der Waals surface area contributed by atoms with Crippen molar-refractivity contribution in [1.82, 2.24) is 4.98 Å². The van der Waals surface area contributed by atoms with Gasteiger partial charge in [0.15, 0.2) is 0 Å². The highest BCUT2D eigenvalue weighted by Gasteiger charge is 2.13. The van der Waals surface area contributed by atoms with E-state index in [1.165, 1.54) is 36.7 Å². The zero-order chi connectivity index (χ0) is 11.8. The number of aromatic nitrogens is 1. The van der Waals surface area contributed by atoms with E-state index in [9.17, 15) is 8.78 Å². The van der Waals surface area contributed by atoms with E-state index in [0.717, 1.165) is 6.20 Å². The maximum absolute atomic E-state index is 13.6. The third-order valence-electron chi connectivity index (χ3n) is 2.63. The number of halogens is 2. The Hall–Kier alpha value is -2.23. The minimum Gasteiger partial charge on any atom is -0.464 e. The Morgan fingerprint density at radius 1 is 0.941 bits per heavy atom. The standard InChI is InChI=1S/C13H7F2NO/c14-11-2-1-9(13-10(11)4-6-17-13)8-3-5-16-7-12(8)15/h1-7H. The molecule has 0 amide bonds. The van der Waals surface area contributed by atoms with Crippen LogP contribution in [0.1, 0.15) is 0 Å². The van der Waals surface area contributed by atoms with Crippen LogP contribution in [-0.4, -0.2) is 4.98 Å². The highest BCUT2D eigenvalue weighted by atomic mass is 19.1. The van der Waals surface area contributed by atoms with Crippen LogP contribution in [0.5, 0.6) is 0 Å². The van der Waals surface area contributed by atoms with Gasteiger partial charge in [0, 0.05) is 17.3 Å². The molecule has 0 bridgehead atoms. The Morgan fingerprint density at radius 3 is 2.65 bits per heavy atom. The van der Waals surface area contributed by atoms with Crippen LogP contribution in [0.15, 0.2) is 47.3 Å². The van der Waals surface area contributed by atoms with E-state index >= 15 is 0 Å². The zero-order valence-corrected chi connectivity index (χ0v) is 8.65. The first-order chi connectivity index (χ1) is 8.27. The fourth-order valence-corrected chi connectivity index (χ4v) is 1.83. The molecule has 0 fully saturated rings. The molecule has 0 saturated heterocycles.